The summed E-state index contributed by atoms with van der Waals surface area (Å²) in [5.74, 6) is 0.578. The van der Waals surface area contributed by atoms with E-state index in [0.717, 1.165) is 32.0 Å². The van der Waals surface area contributed by atoms with Crippen LogP contribution in [0.1, 0.15) is 39.5 Å². The molecule has 1 saturated carbocycles. The first-order chi connectivity index (χ1) is 8.24. The Morgan fingerprint density at radius 2 is 2.12 bits per heavy atom. The van der Waals surface area contributed by atoms with Crippen LogP contribution in [0.25, 0.3) is 0 Å². The van der Waals surface area contributed by atoms with E-state index in [1.807, 2.05) is 11.8 Å². The van der Waals surface area contributed by atoms with Gasteiger partial charge in [-0.25, -0.2) is 4.79 Å². The average Bonchev–Trinajstić information content (AvgIpc) is 3.14. The number of amides is 1. The minimum atomic E-state index is -0.143. The van der Waals surface area contributed by atoms with Crippen molar-refractivity contribution >= 4 is 6.09 Å². The van der Waals surface area contributed by atoms with E-state index in [9.17, 15) is 4.79 Å². The van der Waals surface area contributed by atoms with E-state index in [0.29, 0.717) is 18.6 Å². The van der Waals surface area contributed by atoms with Gasteiger partial charge in [0, 0.05) is 25.2 Å². The van der Waals surface area contributed by atoms with Crippen LogP contribution >= 0.6 is 0 Å². The number of carbonyl (C=O) groups excluding carboxylic acids is 1. The molecule has 1 aliphatic carbocycles. The number of hydrogen-bond donors (Lipinski definition) is 1. The summed E-state index contributed by atoms with van der Waals surface area (Å²) in [7, 11) is 0. The van der Waals surface area contributed by atoms with Gasteiger partial charge >= 0.3 is 6.09 Å². The molecule has 1 saturated heterocycles. The third-order valence-electron chi connectivity index (χ3n) is 3.81. The Kier molecular flexibility index (Phi) is 4.26. The number of ether oxygens (including phenoxy) is 1. The number of nitrogens with zero attached hydrogens (tertiary/aromatic N) is 1. The fourth-order valence-corrected chi connectivity index (χ4v) is 2.60. The van der Waals surface area contributed by atoms with Gasteiger partial charge in [-0.1, -0.05) is 13.3 Å². The number of rotatable bonds is 4. The van der Waals surface area contributed by atoms with Crippen molar-refractivity contribution in [2.75, 3.05) is 19.7 Å². The van der Waals surface area contributed by atoms with E-state index in [4.69, 9.17) is 4.74 Å². The highest BCUT2D eigenvalue weighted by Crippen LogP contribution is 2.26. The van der Waals surface area contributed by atoms with Crippen LogP contribution in [0.5, 0.6) is 0 Å². The van der Waals surface area contributed by atoms with Gasteiger partial charge in [0.15, 0.2) is 0 Å². The SMILES string of the molecule is CCOC(=O)N1CCC(NC2CC2)C(CC)C1. The quantitative estimate of drug-likeness (QED) is 0.817. The highest BCUT2D eigenvalue weighted by atomic mass is 16.6. The van der Waals surface area contributed by atoms with E-state index in [1.165, 1.54) is 12.8 Å². The molecule has 1 aliphatic heterocycles. The average molecular weight is 240 g/mol. The van der Waals surface area contributed by atoms with E-state index >= 15 is 0 Å². The van der Waals surface area contributed by atoms with Crippen molar-refractivity contribution in [3.8, 4) is 0 Å². The van der Waals surface area contributed by atoms with Crippen molar-refractivity contribution in [1.29, 1.82) is 0 Å². The summed E-state index contributed by atoms with van der Waals surface area (Å²) in [6.07, 6.45) is 4.70. The first kappa shape index (κ1) is 12.7. The van der Waals surface area contributed by atoms with Gasteiger partial charge in [-0.3, -0.25) is 0 Å². The number of hydrogen-bond acceptors (Lipinski definition) is 3. The van der Waals surface area contributed by atoms with Gasteiger partial charge in [0.05, 0.1) is 6.61 Å². The van der Waals surface area contributed by atoms with Gasteiger partial charge in [0.2, 0.25) is 0 Å². The summed E-state index contributed by atoms with van der Waals surface area (Å²) in [6, 6.07) is 1.35. The molecule has 2 aliphatic rings. The second-order valence-electron chi connectivity index (χ2n) is 5.15. The normalized spacial score (nSPS) is 29.2. The van der Waals surface area contributed by atoms with Crippen molar-refractivity contribution in [3.05, 3.63) is 0 Å². The monoisotopic (exact) mass is 240 g/mol. The van der Waals surface area contributed by atoms with Crippen LogP contribution in [0.4, 0.5) is 4.79 Å². The maximum atomic E-state index is 11.7. The highest BCUT2D eigenvalue weighted by Gasteiger charge is 2.34. The van der Waals surface area contributed by atoms with Crippen LogP contribution in [-0.2, 0) is 4.74 Å². The van der Waals surface area contributed by atoms with Crippen molar-refractivity contribution < 1.29 is 9.53 Å². The van der Waals surface area contributed by atoms with Gasteiger partial charge in [-0.2, -0.15) is 0 Å². The lowest BCUT2D eigenvalue weighted by Crippen LogP contribution is -2.51. The lowest BCUT2D eigenvalue weighted by atomic mass is 9.90. The summed E-state index contributed by atoms with van der Waals surface area (Å²) in [6.45, 7) is 6.22. The Labute approximate surface area is 104 Å². The van der Waals surface area contributed by atoms with E-state index < -0.39 is 0 Å². The molecule has 2 unspecified atom stereocenters. The molecule has 0 bridgehead atoms. The third kappa shape index (κ3) is 3.35. The fourth-order valence-electron chi connectivity index (χ4n) is 2.60. The largest absolute Gasteiger partial charge is 0.450 e. The van der Waals surface area contributed by atoms with Crippen LogP contribution in [-0.4, -0.2) is 42.8 Å². The lowest BCUT2D eigenvalue weighted by molar-refractivity contribution is 0.0779. The maximum absolute atomic E-state index is 11.7. The Hall–Kier alpha value is -0.770. The smallest absolute Gasteiger partial charge is 0.409 e. The molecule has 0 aromatic rings. The van der Waals surface area contributed by atoms with Crippen LogP contribution in [0.2, 0.25) is 0 Å². The van der Waals surface area contributed by atoms with Crippen LogP contribution in [0.3, 0.4) is 0 Å². The lowest BCUT2D eigenvalue weighted by Gasteiger charge is -2.38. The molecule has 17 heavy (non-hydrogen) atoms. The standard InChI is InChI=1S/C13H24N2O2/c1-3-10-9-15(13(16)17-4-2)8-7-12(10)14-11-5-6-11/h10-12,14H,3-9H2,1-2H3. The van der Waals surface area contributed by atoms with E-state index in [2.05, 4.69) is 12.2 Å². The molecule has 1 heterocycles. The number of nitrogens with one attached hydrogen (secondary N) is 1. The first-order valence-electron chi connectivity index (χ1n) is 6.92. The molecule has 0 aromatic carbocycles. The number of carbonyl (C=O) groups is 1. The Morgan fingerprint density at radius 3 is 2.71 bits per heavy atom. The molecule has 4 nitrogen and oxygen atoms in total. The molecule has 0 radical (unpaired) electrons. The minimum absolute atomic E-state index is 0.143. The summed E-state index contributed by atoms with van der Waals surface area (Å²) in [5.41, 5.74) is 0. The number of likely N-dealkylation sites (tertiary alicyclic amines) is 1. The van der Waals surface area contributed by atoms with Crippen LogP contribution in [0, 0.1) is 5.92 Å². The van der Waals surface area contributed by atoms with Gasteiger partial charge in [-0.05, 0) is 32.1 Å². The topological polar surface area (TPSA) is 41.6 Å². The summed E-state index contributed by atoms with van der Waals surface area (Å²) in [5, 5.41) is 3.71. The molecule has 0 aromatic heterocycles. The molecule has 4 heteroatoms. The molecule has 1 amide bonds. The summed E-state index contributed by atoms with van der Waals surface area (Å²) >= 11 is 0. The molecule has 0 spiro atoms. The molecule has 2 fully saturated rings. The predicted molar refractivity (Wildman–Crippen MR) is 66.9 cm³/mol. The maximum Gasteiger partial charge on any atom is 0.409 e. The second kappa shape index (κ2) is 5.71. The molecular weight excluding hydrogens is 216 g/mol. The highest BCUT2D eigenvalue weighted by molar-refractivity contribution is 5.67. The summed E-state index contributed by atoms with van der Waals surface area (Å²) in [4.78, 5) is 13.5. The third-order valence-corrected chi connectivity index (χ3v) is 3.81. The van der Waals surface area contributed by atoms with Gasteiger partial charge in [-0.15, -0.1) is 0 Å². The van der Waals surface area contributed by atoms with Crippen molar-refractivity contribution in [2.45, 2.75) is 51.6 Å². The molecule has 98 valence electrons. The Morgan fingerprint density at radius 1 is 1.35 bits per heavy atom. The first-order valence-corrected chi connectivity index (χ1v) is 6.92. The zero-order valence-corrected chi connectivity index (χ0v) is 10.9. The van der Waals surface area contributed by atoms with E-state index in [1.54, 1.807) is 0 Å². The van der Waals surface area contributed by atoms with Crippen molar-refractivity contribution in [3.63, 3.8) is 0 Å². The van der Waals surface area contributed by atoms with E-state index in [-0.39, 0.29) is 6.09 Å². The van der Waals surface area contributed by atoms with Gasteiger partial charge < -0.3 is 15.0 Å². The Bertz CT molecular complexity index is 266. The molecule has 1 N–H and O–H groups in total. The van der Waals surface area contributed by atoms with Crippen LogP contribution < -0.4 is 5.32 Å². The zero-order chi connectivity index (χ0) is 12.3. The number of piperidine rings is 1. The molecular formula is C13H24N2O2. The zero-order valence-electron chi connectivity index (χ0n) is 10.9. The predicted octanol–water partition coefficient (Wildman–Crippen LogP) is 2.00. The Balaban J connectivity index is 1.84. The van der Waals surface area contributed by atoms with Crippen LogP contribution in [0.15, 0.2) is 0 Å². The molecule has 2 atom stereocenters. The minimum Gasteiger partial charge on any atom is -0.450 e. The second-order valence-corrected chi connectivity index (χ2v) is 5.15. The van der Waals surface area contributed by atoms with Gasteiger partial charge in [0.25, 0.3) is 0 Å². The van der Waals surface area contributed by atoms with Gasteiger partial charge in [0.1, 0.15) is 0 Å². The van der Waals surface area contributed by atoms with Crippen molar-refractivity contribution in [1.82, 2.24) is 10.2 Å². The van der Waals surface area contributed by atoms with Crippen molar-refractivity contribution in [2.24, 2.45) is 5.92 Å². The molecule has 2 rings (SSSR count). The fraction of sp³-hybridized carbons (Fsp3) is 0.923. The summed E-state index contributed by atoms with van der Waals surface area (Å²) < 4.78 is 5.07.